The van der Waals surface area contributed by atoms with E-state index in [4.69, 9.17) is 10.3 Å². The van der Waals surface area contributed by atoms with Crippen molar-refractivity contribution in [2.75, 3.05) is 0 Å². The molecule has 25 heavy (non-hydrogen) atoms. The summed E-state index contributed by atoms with van der Waals surface area (Å²) in [6, 6.07) is 3.35. The Morgan fingerprint density at radius 3 is 2.80 bits per heavy atom. The van der Waals surface area contributed by atoms with Gasteiger partial charge in [0.1, 0.15) is 5.69 Å². The summed E-state index contributed by atoms with van der Waals surface area (Å²) in [5.74, 6) is 1.83. The van der Waals surface area contributed by atoms with Gasteiger partial charge in [0.05, 0.1) is 0 Å². The van der Waals surface area contributed by atoms with Gasteiger partial charge in [-0.25, -0.2) is 0 Å². The molecular formula is C19H26N4O2. The van der Waals surface area contributed by atoms with E-state index in [9.17, 15) is 4.79 Å². The maximum atomic E-state index is 11.3. The lowest BCUT2D eigenvalue weighted by molar-refractivity contribution is 0.0995. The van der Waals surface area contributed by atoms with E-state index in [0.29, 0.717) is 23.2 Å². The molecule has 6 nitrogen and oxygen atoms in total. The van der Waals surface area contributed by atoms with Gasteiger partial charge in [-0.2, -0.15) is 4.98 Å². The molecule has 134 valence electrons. The number of pyridine rings is 1. The first-order valence-electron chi connectivity index (χ1n) is 9.27. The third-order valence-corrected chi connectivity index (χ3v) is 5.12. The topological polar surface area (TPSA) is 94.9 Å². The SMILES string of the molecule is CCCCC[C@H]1CC[C@H](c2nc(-c3ccnc(C(N)=O)c3)no2)CC1. The summed E-state index contributed by atoms with van der Waals surface area (Å²) in [4.78, 5) is 19.7. The van der Waals surface area contributed by atoms with E-state index in [-0.39, 0.29) is 5.69 Å². The van der Waals surface area contributed by atoms with Crippen LogP contribution >= 0.6 is 0 Å². The molecule has 1 fully saturated rings. The largest absolute Gasteiger partial charge is 0.364 e. The molecule has 2 N–H and O–H groups in total. The summed E-state index contributed by atoms with van der Waals surface area (Å²) in [5.41, 5.74) is 6.18. The zero-order valence-electron chi connectivity index (χ0n) is 14.8. The van der Waals surface area contributed by atoms with Crippen LogP contribution < -0.4 is 5.73 Å². The van der Waals surface area contributed by atoms with Crippen LogP contribution in [0.2, 0.25) is 0 Å². The molecule has 1 saturated carbocycles. The quantitative estimate of drug-likeness (QED) is 0.765. The first-order valence-corrected chi connectivity index (χ1v) is 9.27. The average Bonchev–Trinajstić information content (AvgIpc) is 3.13. The molecule has 1 aliphatic carbocycles. The normalized spacial score (nSPS) is 20.5. The maximum absolute atomic E-state index is 11.3. The Labute approximate surface area is 148 Å². The number of primary amides is 1. The number of hydrogen-bond acceptors (Lipinski definition) is 5. The van der Waals surface area contributed by atoms with Crippen LogP contribution in [0.4, 0.5) is 0 Å². The van der Waals surface area contributed by atoms with Crippen LogP contribution in [0.25, 0.3) is 11.4 Å². The van der Waals surface area contributed by atoms with E-state index < -0.39 is 5.91 Å². The number of rotatable bonds is 7. The highest BCUT2D eigenvalue weighted by Gasteiger charge is 2.26. The standard InChI is InChI=1S/C19H26N4O2/c1-2-3-4-5-13-6-8-14(9-7-13)19-22-18(23-25-19)15-10-11-21-16(12-15)17(20)24/h10-14H,2-9H2,1H3,(H2,20,24)/t13-,14-. The van der Waals surface area contributed by atoms with Crippen LogP contribution in [0, 0.1) is 5.92 Å². The van der Waals surface area contributed by atoms with Crippen molar-refractivity contribution < 1.29 is 9.32 Å². The highest BCUT2D eigenvalue weighted by molar-refractivity contribution is 5.91. The summed E-state index contributed by atoms with van der Waals surface area (Å²) < 4.78 is 5.49. The first kappa shape index (κ1) is 17.6. The summed E-state index contributed by atoms with van der Waals surface area (Å²) in [5, 5.41) is 4.08. The van der Waals surface area contributed by atoms with Gasteiger partial charge in [0.15, 0.2) is 0 Å². The molecule has 2 aromatic heterocycles. The molecule has 0 unspecified atom stereocenters. The molecule has 1 amide bonds. The number of amides is 1. The second kappa shape index (κ2) is 8.23. The second-order valence-corrected chi connectivity index (χ2v) is 6.96. The molecule has 3 rings (SSSR count). The minimum Gasteiger partial charge on any atom is -0.364 e. The van der Waals surface area contributed by atoms with Gasteiger partial charge < -0.3 is 10.3 Å². The zero-order chi connectivity index (χ0) is 17.6. The fourth-order valence-corrected chi connectivity index (χ4v) is 3.60. The molecule has 2 heterocycles. The van der Waals surface area contributed by atoms with E-state index in [1.807, 2.05) is 0 Å². The number of nitrogens with zero attached hydrogens (tertiary/aromatic N) is 3. The lowest BCUT2D eigenvalue weighted by atomic mass is 9.79. The molecule has 0 spiro atoms. The number of carbonyl (C=O) groups excluding carboxylic acids is 1. The molecule has 2 aromatic rings. The zero-order valence-corrected chi connectivity index (χ0v) is 14.8. The third kappa shape index (κ3) is 4.44. The fourth-order valence-electron chi connectivity index (χ4n) is 3.60. The number of aromatic nitrogens is 3. The molecule has 0 atom stereocenters. The Morgan fingerprint density at radius 2 is 2.08 bits per heavy atom. The molecule has 6 heteroatoms. The van der Waals surface area contributed by atoms with Gasteiger partial charge in [0.2, 0.25) is 11.7 Å². The highest BCUT2D eigenvalue weighted by atomic mass is 16.5. The average molecular weight is 342 g/mol. The Kier molecular flexibility index (Phi) is 5.79. The van der Waals surface area contributed by atoms with Crippen molar-refractivity contribution in [1.29, 1.82) is 0 Å². The Bertz CT molecular complexity index is 705. The number of carbonyl (C=O) groups is 1. The molecule has 0 aromatic carbocycles. The van der Waals surface area contributed by atoms with Crippen molar-refractivity contribution in [2.45, 2.75) is 64.2 Å². The molecule has 0 aliphatic heterocycles. The molecule has 1 aliphatic rings. The van der Waals surface area contributed by atoms with Crippen LogP contribution in [-0.4, -0.2) is 21.0 Å². The minimum atomic E-state index is -0.563. The van der Waals surface area contributed by atoms with Crippen LogP contribution in [0.15, 0.2) is 22.9 Å². The lowest BCUT2D eigenvalue weighted by Gasteiger charge is -2.26. The highest BCUT2D eigenvalue weighted by Crippen LogP contribution is 2.37. The van der Waals surface area contributed by atoms with Gasteiger partial charge in [-0.1, -0.05) is 37.8 Å². The number of hydrogen-bond donors (Lipinski definition) is 1. The molecule has 0 saturated heterocycles. The summed E-state index contributed by atoms with van der Waals surface area (Å²) in [6.07, 6.45) is 11.6. The van der Waals surface area contributed by atoms with Crippen molar-refractivity contribution in [3.05, 3.63) is 29.9 Å². The summed E-state index contributed by atoms with van der Waals surface area (Å²) >= 11 is 0. The first-order chi connectivity index (χ1) is 12.2. The Morgan fingerprint density at radius 1 is 1.28 bits per heavy atom. The van der Waals surface area contributed by atoms with E-state index >= 15 is 0 Å². The van der Waals surface area contributed by atoms with Gasteiger partial charge in [-0.3, -0.25) is 9.78 Å². The molecule has 0 bridgehead atoms. The van der Waals surface area contributed by atoms with Crippen LogP contribution in [0.5, 0.6) is 0 Å². The predicted octanol–water partition coefficient (Wildman–Crippen LogP) is 4.08. The predicted molar refractivity (Wildman–Crippen MR) is 94.9 cm³/mol. The van der Waals surface area contributed by atoms with E-state index in [2.05, 4.69) is 22.0 Å². The third-order valence-electron chi connectivity index (χ3n) is 5.12. The van der Waals surface area contributed by atoms with Gasteiger partial charge in [-0.05, 0) is 43.7 Å². The fraction of sp³-hybridized carbons (Fsp3) is 0.579. The maximum Gasteiger partial charge on any atom is 0.267 e. The minimum absolute atomic E-state index is 0.205. The van der Waals surface area contributed by atoms with Gasteiger partial charge in [0.25, 0.3) is 5.91 Å². The summed E-state index contributed by atoms with van der Waals surface area (Å²) in [6.45, 7) is 2.25. The molecule has 0 radical (unpaired) electrons. The number of nitrogens with two attached hydrogens (primary N) is 1. The van der Waals surface area contributed by atoms with Crippen LogP contribution in [0.1, 0.15) is 80.6 Å². The van der Waals surface area contributed by atoms with Crippen molar-refractivity contribution in [1.82, 2.24) is 15.1 Å². The summed E-state index contributed by atoms with van der Waals surface area (Å²) in [7, 11) is 0. The van der Waals surface area contributed by atoms with E-state index in [1.165, 1.54) is 44.7 Å². The molecular weight excluding hydrogens is 316 g/mol. The smallest absolute Gasteiger partial charge is 0.267 e. The van der Waals surface area contributed by atoms with Gasteiger partial charge >= 0.3 is 0 Å². The number of unbranched alkanes of at least 4 members (excludes halogenated alkanes) is 2. The van der Waals surface area contributed by atoms with Crippen LogP contribution in [-0.2, 0) is 0 Å². The van der Waals surface area contributed by atoms with Gasteiger partial charge in [-0.15, -0.1) is 0 Å². The van der Waals surface area contributed by atoms with Crippen molar-refractivity contribution >= 4 is 5.91 Å². The van der Waals surface area contributed by atoms with Crippen LogP contribution in [0.3, 0.4) is 0 Å². The Hall–Kier alpha value is -2.24. The lowest BCUT2D eigenvalue weighted by Crippen LogP contribution is -2.13. The van der Waals surface area contributed by atoms with Crippen molar-refractivity contribution in [3.63, 3.8) is 0 Å². The van der Waals surface area contributed by atoms with Crippen molar-refractivity contribution in [2.24, 2.45) is 11.7 Å². The van der Waals surface area contributed by atoms with E-state index in [1.54, 1.807) is 12.1 Å². The van der Waals surface area contributed by atoms with E-state index in [0.717, 1.165) is 18.8 Å². The van der Waals surface area contributed by atoms with Crippen molar-refractivity contribution in [3.8, 4) is 11.4 Å². The van der Waals surface area contributed by atoms with Gasteiger partial charge in [0, 0.05) is 17.7 Å². The monoisotopic (exact) mass is 342 g/mol. The second-order valence-electron chi connectivity index (χ2n) is 6.96. The Balaban J connectivity index is 1.61.